The third kappa shape index (κ3) is 16.4. The van der Waals surface area contributed by atoms with E-state index in [0.29, 0.717) is 156 Å². The molecule has 0 amide bonds. The second-order valence-corrected chi connectivity index (χ2v) is 36.6. The number of nitrogens with one attached hydrogen (secondary N) is 1. The van der Waals surface area contributed by atoms with Crippen LogP contribution in [0.2, 0.25) is 0 Å². The maximum atomic E-state index is 13.6. The number of allylic oxidation sites excluding steroid dienone is 5. The Balaban J connectivity index is 0.000000120. The van der Waals surface area contributed by atoms with Gasteiger partial charge in [-0.25, -0.2) is 4.98 Å². The predicted molar refractivity (Wildman–Crippen MR) is 510 cm³/mol. The molecule has 0 bridgehead atoms. The van der Waals surface area contributed by atoms with Crippen LogP contribution in [0.1, 0.15) is 150 Å². The van der Waals surface area contributed by atoms with Gasteiger partial charge in [-0.1, -0.05) is 65.8 Å². The molecule has 652 valence electrons. The van der Waals surface area contributed by atoms with Crippen LogP contribution < -0.4 is 40.7 Å². The Morgan fingerprint density at radius 3 is 1.12 bits per heavy atom. The Morgan fingerprint density at radius 1 is 0.422 bits per heavy atom. The third-order valence-electron chi connectivity index (χ3n) is 23.9. The number of phenols is 4. The van der Waals surface area contributed by atoms with Crippen molar-refractivity contribution >= 4 is 109 Å². The SMILES string of the molecule is CC(C)=CCc1c2c(c3occ(-c4ccc5c(c4)CC=C5)c(=O)c3c1O)C=CC(C)(C)O2.CC(C)=CCc1c2c(c3occ(-c4ccc5c(c4)CC=N5)c(=O)c3c1O)C=CC(C)(C)O2.CN(C)CCc1c2c(c3occ(-c4ccc5c(c4)CC=N5)c(=O)c3c1O)C=CC(C)(C)O2.CN(C)CCc1c2c(c3occ(-c4ccc5nc[nH]c5c4)c(=O)c3c1O)C=CC(C)(C)O2. The molecule has 0 radical (unpaired) electrons. The second kappa shape index (κ2) is 33.4. The third-order valence-corrected chi connectivity index (χ3v) is 23.9. The molecule has 7 aliphatic rings. The van der Waals surface area contributed by atoms with E-state index >= 15 is 0 Å². The van der Waals surface area contributed by atoms with Gasteiger partial charge >= 0.3 is 0 Å². The van der Waals surface area contributed by atoms with Crippen molar-refractivity contribution in [2.75, 3.05) is 41.3 Å². The number of H-pyrrole nitrogens is 1. The van der Waals surface area contributed by atoms with E-state index in [-0.39, 0.29) is 66.3 Å². The van der Waals surface area contributed by atoms with Crippen molar-refractivity contribution in [2.45, 2.75) is 150 Å². The fourth-order valence-corrected chi connectivity index (χ4v) is 17.0. The minimum Gasteiger partial charge on any atom is -0.507 e. The summed E-state index contributed by atoms with van der Waals surface area (Å²) in [7, 11) is 7.87. The first kappa shape index (κ1) is 86.0. The average molecular weight is 1720 g/mol. The Morgan fingerprint density at radius 2 is 0.758 bits per heavy atom. The number of aromatic hydroxyl groups is 4. The molecule has 0 saturated carbocycles. The van der Waals surface area contributed by atoms with Gasteiger partial charge in [-0.15, -0.1) is 0 Å². The number of benzene rings is 8. The van der Waals surface area contributed by atoms with Crippen molar-refractivity contribution in [3.8, 4) is 90.5 Å². The molecule has 22 nitrogen and oxygen atoms in total. The highest BCUT2D eigenvalue weighted by Gasteiger charge is 2.37. The number of aromatic nitrogens is 2. The standard InChI is InChI=1S/C28H26O4.C27H25NO4.C26H26N2O4.C25H25N3O4/c1-16(2)8-11-20-24(29)23-25(30)22(19-10-9-17-6-5-7-18(17)14-19)15-31-27(23)21-12-13-28(3,4)32-26(20)21;1-15(2)5-7-18-23(29)22-24(30)20(16-6-8-21-17(13-16)10-12-28-21)14-31-26(22)19-9-11-27(3,4)32-25(18)19;1-26(2)10-7-18-24(32-26)17(9-12-28(3)4)22(29)21-23(30)19(14-31-25(18)21)15-5-6-20-16(13-15)8-11-27-20;1-25(2)9-7-16-23(32-25)15(8-10-28(3)4)21(29)20-22(30)17(12-31-24(16)20)14-5-6-18-19(11-14)27-13-26-18/h5-6,8-10,12-15,29H,7,11H2,1-4H3;5-6,8-9,11-14,29H,7,10H2,1-4H3;5-7,10-11,13-14,29H,8-9,12H2,1-4H3;5-7,9,11-13,29H,8,10H2,1-4H3,(H,26,27). The predicted octanol–water partition coefficient (Wildman–Crippen LogP) is 21.6. The normalized spacial score (nSPS) is 15.3. The van der Waals surface area contributed by atoms with Gasteiger partial charge in [0.2, 0.25) is 21.7 Å². The number of imidazole rings is 1. The quantitative estimate of drug-likeness (QED) is 0.0632. The van der Waals surface area contributed by atoms with Crippen LogP contribution in [0.4, 0.5) is 11.4 Å². The zero-order chi connectivity index (χ0) is 90.5. The number of aliphatic imine (C=N–C) groups is 2. The Labute approximate surface area is 739 Å². The molecule has 1 aliphatic carbocycles. The van der Waals surface area contributed by atoms with E-state index < -0.39 is 22.4 Å². The zero-order valence-corrected chi connectivity index (χ0v) is 74.7. The fraction of sp³-hybridized carbons (Fsp3) is 0.274. The highest BCUT2D eigenvalue weighted by Crippen LogP contribution is 2.51. The van der Waals surface area contributed by atoms with Crippen LogP contribution in [0.15, 0.2) is 205 Å². The largest absolute Gasteiger partial charge is 0.507 e. The van der Waals surface area contributed by atoms with Gasteiger partial charge in [-0.3, -0.25) is 29.2 Å². The lowest BCUT2D eigenvalue weighted by atomic mass is 9.93. The van der Waals surface area contributed by atoms with Crippen LogP contribution in [0.5, 0.6) is 46.0 Å². The van der Waals surface area contributed by atoms with E-state index in [4.69, 9.17) is 36.6 Å². The Kier molecular flexibility index (Phi) is 22.4. The highest BCUT2D eigenvalue weighted by atomic mass is 16.5. The van der Waals surface area contributed by atoms with Crippen molar-refractivity contribution in [3.05, 3.63) is 266 Å². The molecule has 11 heterocycles. The Bertz CT molecular complexity index is 7160. The molecule has 5 aromatic heterocycles. The number of likely N-dealkylation sites (N-methyl/N-ethyl adjacent to an activating group) is 2. The molecule has 5 N–H and O–H groups in total. The molecule has 13 aromatic rings. The van der Waals surface area contributed by atoms with Gasteiger partial charge in [-0.05, 0) is 279 Å². The van der Waals surface area contributed by atoms with E-state index in [1.807, 2.05) is 267 Å². The molecule has 22 heteroatoms. The summed E-state index contributed by atoms with van der Waals surface area (Å²) in [5, 5.41) is 45.9. The van der Waals surface area contributed by atoms with Gasteiger partial charge in [-0.2, -0.15) is 0 Å². The smallest absolute Gasteiger partial charge is 0.204 e. The summed E-state index contributed by atoms with van der Waals surface area (Å²) in [5.41, 5.74) is 18.3. The molecule has 0 unspecified atom stereocenters. The summed E-state index contributed by atoms with van der Waals surface area (Å²) < 4.78 is 48.9. The van der Waals surface area contributed by atoms with Crippen LogP contribution in [0.25, 0.3) is 130 Å². The average Bonchev–Trinajstić information content (AvgIpc) is 1.15. The molecule has 0 spiro atoms. The van der Waals surface area contributed by atoms with Crippen molar-refractivity contribution in [2.24, 2.45) is 9.98 Å². The summed E-state index contributed by atoms with van der Waals surface area (Å²) in [6, 6.07) is 23.0. The molecular formula is C106H102N6O16. The minimum atomic E-state index is -0.528. The molecule has 6 aliphatic heterocycles. The first-order valence-electron chi connectivity index (χ1n) is 43.0. The number of ether oxygens (including phenoxy) is 4. The minimum absolute atomic E-state index is 0.0632. The monoisotopic (exact) mass is 1710 g/mol. The summed E-state index contributed by atoms with van der Waals surface area (Å²) in [5.74, 6) is 1.99. The maximum absolute atomic E-state index is 13.6. The summed E-state index contributed by atoms with van der Waals surface area (Å²) in [6.07, 6.45) is 39.2. The number of hydrogen-bond acceptors (Lipinski definition) is 21. The zero-order valence-electron chi connectivity index (χ0n) is 74.7. The number of fused-ring (bicyclic) bond motifs is 16. The summed E-state index contributed by atoms with van der Waals surface area (Å²) in [6.45, 7) is 25.1. The van der Waals surface area contributed by atoms with Gasteiger partial charge in [0.15, 0.2) is 22.3 Å². The van der Waals surface area contributed by atoms with Crippen molar-refractivity contribution < 1.29 is 57.0 Å². The lowest BCUT2D eigenvalue weighted by molar-refractivity contribution is 0.156. The lowest BCUT2D eigenvalue weighted by Gasteiger charge is -2.30. The van der Waals surface area contributed by atoms with Crippen molar-refractivity contribution in [1.82, 2.24) is 19.8 Å². The Hall–Kier alpha value is -14.1. The molecule has 0 atom stereocenters. The first-order valence-corrected chi connectivity index (χ1v) is 43.0. The van der Waals surface area contributed by atoms with E-state index in [9.17, 15) is 39.6 Å². The number of hydrogen-bond donors (Lipinski definition) is 5. The van der Waals surface area contributed by atoms with E-state index in [0.717, 1.165) is 80.6 Å². The van der Waals surface area contributed by atoms with Crippen LogP contribution in [-0.2, 0) is 44.9 Å². The number of phenolic OH excluding ortho intramolecular Hbond substituents is 4. The van der Waals surface area contributed by atoms with Gasteiger partial charge in [0, 0.05) is 60.6 Å². The molecule has 0 saturated heterocycles. The van der Waals surface area contributed by atoms with Gasteiger partial charge in [0.1, 0.15) is 115 Å². The molecule has 8 aromatic carbocycles. The van der Waals surface area contributed by atoms with Gasteiger partial charge in [0.25, 0.3) is 0 Å². The molecule has 0 fully saturated rings. The lowest BCUT2D eigenvalue weighted by Crippen LogP contribution is -2.29. The summed E-state index contributed by atoms with van der Waals surface area (Å²) >= 11 is 0. The van der Waals surface area contributed by atoms with Crippen LogP contribution >= 0.6 is 0 Å². The van der Waals surface area contributed by atoms with Crippen molar-refractivity contribution in [1.29, 1.82) is 0 Å². The van der Waals surface area contributed by atoms with Crippen LogP contribution in [0.3, 0.4) is 0 Å². The van der Waals surface area contributed by atoms with Crippen LogP contribution in [0, 0.1) is 0 Å². The number of aromatic amines is 1. The summed E-state index contributed by atoms with van der Waals surface area (Å²) in [4.78, 5) is 74.5. The van der Waals surface area contributed by atoms with Crippen LogP contribution in [-0.4, -0.2) is 116 Å². The second-order valence-electron chi connectivity index (χ2n) is 36.6. The van der Waals surface area contributed by atoms with E-state index in [2.05, 4.69) is 32.1 Å². The fourth-order valence-electron chi connectivity index (χ4n) is 17.0. The van der Waals surface area contributed by atoms with Gasteiger partial charge in [0.05, 0.1) is 73.2 Å². The van der Waals surface area contributed by atoms with E-state index in [1.165, 1.54) is 36.2 Å². The van der Waals surface area contributed by atoms with E-state index in [1.54, 1.807) is 6.33 Å². The number of nitrogens with zero attached hydrogens (tertiary/aromatic N) is 5. The number of rotatable bonds is 14. The molecule has 20 rings (SSSR count). The first-order chi connectivity index (χ1) is 61.0. The maximum Gasteiger partial charge on any atom is 0.204 e. The molecular weight excluding hydrogens is 1610 g/mol. The highest BCUT2D eigenvalue weighted by molar-refractivity contribution is 6.02. The molecule has 128 heavy (non-hydrogen) atoms. The topological polar surface area (TPSA) is 299 Å². The van der Waals surface area contributed by atoms with Crippen molar-refractivity contribution in [3.63, 3.8) is 0 Å². The van der Waals surface area contributed by atoms with Gasteiger partial charge < -0.3 is 71.8 Å².